The van der Waals surface area contributed by atoms with E-state index in [1.807, 2.05) is 0 Å². The van der Waals surface area contributed by atoms with Crippen LogP contribution in [0.3, 0.4) is 0 Å². The van der Waals surface area contributed by atoms with Crippen LogP contribution in [0.1, 0.15) is 35.7 Å². The van der Waals surface area contributed by atoms with E-state index in [1.54, 1.807) is 17.0 Å². The van der Waals surface area contributed by atoms with E-state index >= 15 is 0 Å². The summed E-state index contributed by atoms with van der Waals surface area (Å²) in [6, 6.07) is 8.34. The molecule has 2 aromatic carbocycles. The zero-order chi connectivity index (χ0) is 23.5. The number of hydrogen-bond donors (Lipinski definition) is 0. The molecule has 0 radical (unpaired) electrons. The van der Waals surface area contributed by atoms with Gasteiger partial charge in [0.2, 0.25) is 5.91 Å². The summed E-state index contributed by atoms with van der Waals surface area (Å²) in [5.41, 5.74) is 1.07. The summed E-state index contributed by atoms with van der Waals surface area (Å²) in [7, 11) is 0. The number of rotatable bonds is 7. The van der Waals surface area contributed by atoms with Crippen molar-refractivity contribution in [2.24, 2.45) is 0 Å². The van der Waals surface area contributed by atoms with Gasteiger partial charge < -0.3 is 4.90 Å². The Hall–Kier alpha value is -2.55. The highest BCUT2D eigenvalue weighted by molar-refractivity contribution is 7.16. The lowest BCUT2D eigenvalue weighted by Crippen LogP contribution is -2.49. The van der Waals surface area contributed by atoms with E-state index in [0.717, 1.165) is 43.8 Å². The molecular weight excluding hydrogens is 465 g/mol. The molecule has 6 nitrogen and oxygen atoms in total. The van der Waals surface area contributed by atoms with Gasteiger partial charge in [0.05, 0.1) is 15.2 Å². The van der Waals surface area contributed by atoms with Crippen molar-refractivity contribution < 1.29 is 14.0 Å². The highest BCUT2D eigenvalue weighted by Gasteiger charge is 2.23. The number of amides is 1. The molecule has 0 aliphatic carbocycles. The van der Waals surface area contributed by atoms with Gasteiger partial charge in [0.25, 0.3) is 0 Å². The minimum Gasteiger partial charge on any atom is -0.339 e. The van der Waals surface area contributed by atoms with Crippen molar-refractivity contribution in [3.63, 3.8) is 0 Å². The number of unbranched alkanes of at least 4 members (excludes halogenated alkanes) is 1. The molecule has 2 heterocycles. The van der Waals surface area contributed by atoms with E-state index in [1.165, 1.54) is 28.8 Å². The Kier molecular flexibility index (Phi) is 7.26. The van der Waals surface area contributed by atoms with Gasteiger partial charge >= 0.3 is 4.87 Å². The minimum atomic E-state index is -0.435. The van der Waals surface area contributed by atoms with Gasteiger partial charge in [-0.2, -0.15) is 0 Å². The SMILES string of the molecule is CCCCN1CCN(C(=O)Cn2c(=O)sc3cc(C(=O)c4ccc(F)cc4)c(Cl)cc32)CC1. The third-order valence-corrected chi connectivity index (χ3v) is 7.21. The van der Waals surface area contributed by atoms with Crippen molar-refractivity contribution in [3.05, 3.63) is 68.0 Å². The Morgan fingerprint density at radius 2 is 1.79 bits per heavy atom. The molecule has 0 unspecified atom stereocenters. The first-order valence-corrected chi connectivity index (χ1v) is 12.2. The maximum Gasteiger partial charge on any atom is 0.308 e. The Balaban J connectivity index is 1.52. The number of thiazole rings is 1. The molecule has 1 aliphatic rings. The fourth-order valence-electron chi connectivity index (χ4n) is 4.00. The van der Waals surface area contributed by atoms with Crippen molar-refractivity contribution in [2.45, 2.75) is 26.3 Å². The Labute approximate surface area is 200 Å². The first-order valence-electron chi connectivity index (χ1n) is 11.0. The molecule has 0 saturated carbocycles. The van der Waals surface area contributed by atoms with Crippen molar-refractivity contribution in [1.82, 2.24) is 14.4 Å². The maximum atomic E-state index is 13.2. The third kappa shape index (κ3) is 5.18. The van der Waals surface area contributed by atoms with Crippen LogP contribution in [0.15, 0.2) is 41.2 Å². The number of hydrogen-bond acceptors (Lipinski definition) is 5. The van der Waals surface area contributed by atoms with Gasteiger partial charge in [-0.05, 0) is 49.4 Å². The normalized spacial score (nSPS) is 14.7. The minimum absolute atomic E-state index is 0.0601. The lowest BCUT2D eigenvalue weighted by Gasteiger charge is -2.34. The summed E-state index contributed by atoms with van der Waals surface area (Å²) < 4.78 is 15.2. The van der Waals surface area contributed by atoms with Crippen molar-refractivity contribution in [2.75, 3.05) is 32.7 Å². The number of carbonyl (C=O) groups excluding carboxylic acids is 2. The van der Waals surface area contributed by atoms with Gasteiger partial charge in [-0.15, -0.1) is 0 Å². The van der Waals surface area contributed by atoms with Crippen LogP contribution in [0.4, 0.5) is 4.39 Å². The van der Waals surface area contributed by atoms with Crippen molar-refractivity contribution >= 4 is 44.8 Å². The Morgan fingerprint density at radius 3 is 2.45 bits per heavy atom. The Morgan fingerprint density at radius 1 is 1.09 bits per heavy atom. The van der Waals surface area contributed by atoms with Crippen LogP contribution in [0, 0.1) is 5.82 Å². The number of ketones is 1. The summed E-state index contributed by atoms with van der Waals surface area (Å²) in [5.74, 6) is -0.892. The van der Waals surface area contributed by atoms with Crippen LogP contribution in [0.25, 0.3) is 10.2 Å². The van der Waals surface area contributed by atoms with E-state index in [-0.39, 0.29) is 33.7 Å². The van der Waals surface area contributed by atoms with Crippen LogP contribution in [-0.2, 0) is 11.3 Å². The highest BCUT2D eigenvalue weighted by atomic mass is 35.5. The van der Waals surface area contributed by atoms with Gasteiger partial charge in [-0.1, -0.05) is 36.3 Å². The zero-order valence-electron chi connectivity index (χ0n) is 18.4. The number of carbonyl (C=O) groups is 2. The molecular formula is C24H25ClFN3O3S. The topological polar surface area (TPSA) is 62.6 Å². The molecule has 3 aromatic rings. The lowest BCUT2D eigenvalue weighted by atomic mass is 10.0. The summed E-state index contributed by atoms with van der Waals surface area (Å²) in [4.78, 5) is 42.3. The van der Waals surface area contributed by atoms with Crippen LogP contribution in [0.5, 0.6) is 0 Å². The number of benzene rings is 2. The average Bonchev–Trinajstić information content (AvgIpc) is 3.11. The van der Waals surface area contributed by atoms with Gasteiger partial charge in [0, 0.05) is 37.3 Å². The predicted molar refractivity (Wildman–Crippen MR) is 129 cm³/mol. The zero-order valence-corrected chi connectivity index (χ0v) is 19.9. The molecule has 1 aromatic heterocycles. The second-order valence-corrected chi connectivity index (χ2v) is 9.57. The summed E-state index contributed by atoms with van der Waals surface area (Å²) in [6.07, 6.45) is 2.30. The molecule has 0 N–H and O–H groups in total. The maximum absolute atomic E-state index is 13.2. The van der Waals surface area contributed by atoms with Crippen molar-refractivity contribution in [1.29, 1.82) is 0 Å². The summed E-state index contributed by atoms with van der Waals surface area (Å²) >= 11 is 7.37. The second-order valence-electron chi connectivity index (χ2n) is 8.17. The molecule has 0 atom stereocenters. The molecule has 1 aliphatic heterocycles. The number of fused-ring (bicyclic) bond motifs is 1. The highest BCUT2D eigenvalue weighted by Crippen LogP contribution is 2.28. The first-order chi connectivity index (χ1) is 15.9. The number of halogens is 2. The predicted octanol–water partition coefficient (Wildman–Crippen LogP) is 4.03. The molecule has 9 heteroatoms. The molecule has 174 valence electrons. The average molecular weight is 490 g/mol. The van der Waals surface area contributed by atoms with Crippen molar-refractivity contribution in [3.8, 4) is 0 Å². The number of piperazine rings is 1. The molecule has 33 heavy (non-hydrogen) atoms. The van der Waals surface area contributed by atoms with E-state index in [2.05, 4.69) is 11.8 Å². The van der Waals surface area contributed by atoms with Crippen LogP contribution in [-0.4, -0.2) is 58.8 Å². The number of nitrogens with zero attached hydrogens (tertiary/aromatic N) is 3. The molecule has 1 fully saturated rings. The van der Waals surface area contributed by atoms with Crippen LogP contribution in [0.2, 0.25) is 5.02 Å². The quantitative estimate of drug-likeness (QED) is 0.470. The standard InChI is InChI=1S/C24H25ClFN3O3S/c1-2-3-8-27-9-11-28(12-10-27)22(30)15-29-20-14-19(25)18(13-21(20)33-24(29)32)23(31)16-4-6-17(26)7-5-16/h4-7,13-14H,2-3,8-12,15H2,1H3. The molecule has 1 amide bonds. The van der Waals surface area contributed by atoms with Gasteiger partial charge in [-0.25, -0.2) is 4.39 Å². The van der Waals surface area contributed by atoms with Gasteiger partial charge in [0.1, 0.15) is 12.4 Å². The van der Waals surface area contributed by atoms with Crippen LogP contribution < -0.4 is 4.87 Å². The second kappa shape index (κ2) is 10.2. The molecule has 0 spiro atoms. The summed E-state index contributed by atoms with van der Waals surface area (Å²) in [5, 5.41) is 0.181. The first kappa shape index (κ1) is 23.6. The van der Waals surface area contributed by atoms with E-state index in [4.69, 9.17) is 11.6 Å². The Bertz CT molecular complexity index is 1230. The van der Waals surface area contributed by atoms with Gasteiger partial charge in [-0.3, -0.25) is 23.9 Å². The fourth-order valence-corrected chi connectivity index (χ4v) is 5.16. The van der Waals surface area contributed by atoms with Crippen LogP contribution >= 0.6 is 22.9 Å². The van der Waals surface area contributed by atoms with E-state index in [9.17, 15) is 18.8 Å². The molecule has 0 bridgehead atoms. The largest absolute Gasteiger partial charge is 0.339 e. The lowest BCUT2D eigenvalue weighted by molar-refractivity contribution is -0.133. The summed E-state index contributed by atoms with van der Waals surface area (Å²) in [6.45, 7) is 6.13. The van der Waals surface area contributed by atoms with Gasteiger partial charge in [0.15, 0.2) is 5.78 Å². The fraction of sp³-hybridized carbons (Fsp3) is 0.375. The molecule has 1 saturated heterocycles. The smallest absolute Gasteiger partial charge is 0.308 e. The number of aromatic nitrogens is 1. The van der Waals surface area contributed by atoms with E-state index in [0.29, 0.717) is 28.9 Å². The monoisotopic (exact) mass is 489 g/mol. The third-order valence-electron chi connectivity index (χ3n) is 5.95. The molecule has 4 rings (SSSR count). The van der Waals surface area contributed by atoms with E-state index < -0.39 is 5.82 Å².